The summed E-state index contributed by atoms with van der Waals surface area (Å²) < 4.78 is 26.4. The lowest BCUT2D eigenvalue weighted by Crippen LogP contribution is -2.43. The molecule has 1 aliphatic rings. The molecule has 3 nitrogen and oxygen atoms in total. The van der Waals surface area contributed by atoms with Crippen molar-refractivity contribution in [2.45, 2.75) is 26.0 Å². The summed E-state index contributed by atoms with van der Waals surface area (Å²) in [5.74, 6) is 1.03. The van der Waals surface area contributed by atoms with Crippen molar-refractivity contribution in [3.63, 3.8) is 0 Å². The molecule has 1 aromatic carbocycles. The van der Waals surface area contributed by atoms with Crippen LogP contribution in [0.3, 0.4) is 0 Å². The summed E-state index contributed by atoms with van der Waals surface area (Å²) in [6, 6.07) is 9.41. The van der Waals surface area contributed by atoms with Gasteiger partial charge in [0.15, 0.2) is 0 Å². The molecule has 1 aliphatic heterocycles. The Morgan fingerprint density at radius 3 is 2.22 bits per heavy atom. The van der Waals surface area contributed by atoms with Crippen LogP contribution in [0.4, 0.5) is 0 Å². The molecule has 1 saturated heterocycles. The molecule has 0 spiro atoms. The van der Waals surface area contributed by atoms with Gasteiger partial charge in [-0.2, -0.15) is 0 Å². The molecule has 2 unspecified atom stereocenters. The van der Waals surface area contributed by atoms with Crippen molar-refractivity contribution in [1.29, 1.82) is 0 Å². The standard InChI is InChI=1S/C14H21NO2S/c1-12-8-13(2)10-15(9-12)18(16,17)11-14-6-4-3-5-7-14/h3-7,12-13H,8-11H2,1-2H3. The molecule has 0 N–H and O–H groups in total. The van der Waals surface area contributed by atoms with Gasteiger partial charge in [-0.3, -0.25) is 0 Å². The third kappa shape index (κ3) is 3.33. The highest BCUT2D eigenvalue weighted by atomic mass is 32.2. The SMILES string of the molecule is CC1CC(C)CN(S(=O)(=O)Cc2ccccc2)C1. The zero-order valence-corrected chi connectivity index (χ0v) is 11.9. The molecule has 4 heteroatoms. The summed E-state index contributed by atoms with van der Waals surface area (Å²) in [7, 11) is -3.17. The maximum Gasteiger partial charge on any atom is 0.218 e. The number of hydrogen-bond donors (Lipinski definition) is 0. The zero-order chi connectivity index (χ0) is 13.2. The van der Waals surface area contributed by atoms with E-state index in [4.69, 9.17) is 0 Å². The summed E-state index contributed by atoms with van der Waals surface area (Å²) in [5, 5.41) is 0. The van der Waals surface area contributed by atoms with E-state index in [1.807, 2.05) is 30.3 Å². The fraction of sp³-hybridized carbons (Fsp3) is 0.571. The van der Waals surface area contributed by atoms with E-state index in [-0.39, 0.29) is 5.75 Å². The minimum Gasteiger partial charge on any atom is -0.212 e. The van der Waals surface area contributed by atoms with Gasteiger partial charge < -0.3 is 0 Å². The van der Waals surface area contributed by atoms with Gasteiger partial charge in [0.05, 0.1) is 5.75 Å². The summed E-state index contributed by atoms with van der Waals surface area (Å²) in [6.45, 7) is 5.58. The van der Waals surface area contributed by atoms with Crippen LogP contribution in [0.15, 0.2) is 30.3 Å². The van der Waals surface area contributed by atoms with Gasteiger partial charge in [-0.15, -0.1) is 0 Å². The molecular weight excluding hydrogens is 246 g/mol. The van der Waals surface area contributed by atoms with Crippen molar-refractivity contribution in [3.05, 3.63) is 35.9 Å². The van der Waals surface area contributed by atoms with Crippen molar-refractivity contribution in [2.24, 2.45) is 11.8 Å². The molecule has 2 atom stereocenters. The maximum atomic E-state index is 12.4. The molecule has 18 heavy (non-hydrogen) atoms. The Bertz CT molecular complexity index is 474. The van der Waals surface area contributed by atoms with Crippen LogP contribution in [-0.2, 0) is 15.8 Å². The molecule has 0 radical (unpaired) electrons. The lowest BCUT2D eigenvalue weighted by atomic mass is 9.94. The van der Waals surface area contributed by atoms with E-state index >= 15 is 0 Å². The third-order valence-electron chi connectivity index (χ3n) is 3.42. The molecule has 1 heterocycles. The van der Waals surface area contributed by atoms with E-state index in [0.29, 0.717) is 24.9 Å². The highest BCUT2D eigenvalue weighted by molar-refractivity contribution is 7.88. The van der Waals surface area contributed by atoms with Crippen LogP contribution in [0.5, 0.6) is 0 Å². The van der Waals surface area contributed by atoms with Gasteiger partial charge in [0.1, 0.15) is 0 Å². The van der Waals surface area contributed by atoms with Gasteiger partial charge in [0.2, 0.25) is 10.0 Å². The minimum absolute atomic E-state index is 0.118. The van der Waals surface area contributed by atoms with E-state index in [0.717, 1.165) is 12.0 Å². The van der Waals surface area contributed by atoms with Crippen LogP contribution < -0.4 is 0 Å². The molecule has 1 aromatic rings. The molecule has 0 aromatic heterocycles. The first-order chi connectivity index (χ1) is 8.47. The summed E-state index contributed by atoms with van der Waals surface area (Å²) >= 11 is 0. The Hall–Kier alpha value is -0.870. The second kappa shape index (κ2) is 5.41. The van der Waals surface area contributed by atoms with Gasteiger partial charge >= 0.3 is 0 Å². The highest BCUT2D eigenvalue weighted by Gasteiger charge is 2.30. The van der Waals surface area contributed by atoms with Gasteiger partial charge in [-0.25, -0.2) is 12.7 Å². The monoisotopic (exact) mass is 267 g/mol. The number of piperidine rings is 1. The summed E-state index contributed by atoms with van der Waals surface area (Å²) in [5.41, 5.74) is 0.864. The zero-order valence-electron chi connectivity index (χ0n) is 11.0. The van der Waals surface area contributed by atoms with Gasteiger partial charge in [-0.05, 0) is 23.8 Å². The largest absolute Gasteiger partial charge is 0.218 e. The number of hydrogen-bond acceptors (Lipinski definition) is 2. The molecule has 0 bridgehead atoms. The fourth-order valence-electron chi connectivity index (χ4n) is 2.71. The number of nitrogens with zero attached hydrogens (tertiary/aromatic N) is 1. The molecule has 100 valence electrons. The van der Waals surface area contributed by atoms with Crippen LogP contribution in [0.1, 0.15) is 25.8 Å². The lowest BCUT2D eigenvalue weighted by molar-refractivity contribution is 0.222. The molecular formula is C14H21NO2S. The smallest absolute Gasteiger partial charge is 0.212 e. The Kier molecular flexibility index (Phi) is 4.07. The number of rotatable bonds is 3. The number of sulfonamides is 1. The first-order valence-corrected chi connectivity index (χ1v) is 8.10. The van der Waals surface area contributed by atoms with Crippen LogP contribution >= 0.6 is 0 Å². The van der Waals surface area contributed by atoms with Crippen molar-refractivity contribution in [3.8, 4) is 0 Å². The quantitative estimate of drug-likeness (QED) is 0.844. The Labute approximate surface area is 110 Å². The second-order valence-corrected chi connectivity index (χ2v) is 7.47. The molecule has 2 rings (SSSR count). The average molecular weight is 267 g/mol. The topological polar surface area (TPSA) is 37.4 Å². The van der Waals surface area contributed by atoms with Crippen molar-refractivity contribution in [2.75, 3.05) is 13.1 Å². The second-order valence-electron chi connectivity index (χ2n) is 5.50. The van der Waals surface area contributed by atoms with Crippen molar-refractivity contribution in [1.82, 2.24) is 4.31 Å². The molecule has 0 amide bonds. The summed E-state index contributed by atoms with van der Waals surface area (Å²) in [4.78, 5) is 0. The van der Waals surface area contributed by atoms with E-state index in [9.17, 15) is 8.42 Å². The molecule has 1 fully saturated rings. The van der Waals surface area contributed by atoms with Crippen LogP contribution in [0, 0.1) is 11.8 Å². The van der Waals surface area contributed by atoms with E-state index < -0.39 is 10.0 Å². The first-order valence-electron chi connectivity index (χ1n) is 6.49. The van der Waals surface area contributed by atoms with Gasteiger partial charge in [-0.1, -0.05) is 44.2 Å². The van der Waals surface area contributed by atoms with Gasteiger partial charge in [0.25, 0.3) is 0 Å². The molecule has 0 saturated carbocycles. The normalized spacial score (nSPS) is 26.1. The predicted molar refractivity (Wildman–Crippen MR) is 73.6 cm³/mol. The Morgan fingerprint density at radius 2 is 1.67 bits per heavy atom. The minimum atomic E-state index is -3.17. The van der Waals surface area contributed by atoms with E-state index in [1.54, 1.807) is 4.31 Å². The summed E-state index contributed by atoms with van der Waals surface area (Å²) in [6.07, 6.45) is 1.12. The molecule has 0 aliphatic carbocycles. The highest BCUT2D eigenvalue weighted by Crippen LogP contribution is 2.24. The fourth-order valence-corrected chi connectivity index (χ4v) is 4.47. The number of benzene rings is 1. The van der Waals surface area contributed by atoms with Crippen LogP contribution in [-0.4, -0.2) is 25.8 Å². The third-order valence-corrected chi connectivity index (χ3v) is 5.20. The Morgan fingerprint density at radius 1 is 1.11 bits per heavy atom. The van der Waals surface area contributed by atoms with Crippen LogP contribution in [0.2, 0.25) is 0 Å². The first kappa shape index (κ1) is 13.6. The van der Waals surface area contributed by atoms with E-state index in [1.165, 1.54) is 0 Å². The van der Waals surface area contributed by atoms with Gasteiger partial charge in [0, 0.05) is 13.1 Å². The van der Waals surface area contributed by atoms with E-state index in [2.05, 4.69) is 13.8 Å². The Balaban J connectivity index is 2.11. The van der Waals surface area contributed by atoms with Crippen molar-refractivity contribution >= 4 is 10.0 Å². The van der Waals surface area contributed by atoms with Crippen molar-refractivity contribution < 1.29 is 8.42 Å². The van der Waals surface area contributed by atoms with Crippen LogP contribution in [0.25, 0.3) is 0 Å². The predicted octanol–water partition coefficient (Wildman–Crippen LogP) is 2.49. The lowest BCUT2D eigenvalue weighted by Gasteiger charge is -2.34. The maximum absolute atomic E-state index is 12.4. The average Bonchev–Trinajstić information content (AvgIpc) is 2.28.